The van der Waals surface area contributed by atoms with Gasteiger partial charge in [0, 0.05) is 31.1 Å². The summed E-state index contributed by atoms with van der Waals surface area (Å²) in [6.45, 7) is 3.07. The van der Waals surface area contributed by atoms with Gasteiger partial charge in [0.25, 0.3) is 5.91 Å². The van der Waals surface area contributed by atoms with Crippen LogP contribution < -0.4 is 0 Å². The highest BCUT2D eigenvalue weighted by atomic mass is 16.4. The van der Waals surface area contributed by atoms with Gasteiger partial charge in [-0.25, -0.2) is 4.68 Å². The Morgan fingerprint density at radius 1 is 1.24 bits per heavy atom. The zero-order chi connectivity index (χ0) is 20.4. The van der Waals surface area contributed by atoms with E-state index in [1.807, 2.05) is 37.3 Å². The first-order valence-electron chi connectivity index (χ1n) is 9.82. The molecule has 8 heteroatoms. The van der Waals surface area contributed by atoms with Gasteiger partial charge >= 0.3 is 5.97 Å². The first-order valence-corrected chi connectivity index (χ1v) is 9.82. The Kier molecular flexibility index (Phi) is 5.24. The van der Waals surface area contributed by atoms with Gasteiger partial charge in [-0.05, 0) is 56.4 Å². The molecule has 0 saturated carbocycles. The lowest BCUT2D eigenvalue weighted by Crippen LogP contribution is -2.40. The third-order valence-corrected chi connectivity index (χ3v) is 5.52. The predicted octanol–water partition coefficient (Wildman–Crippen LogP) is 2.84. The monoisotopic (exact) mass is 393 g/mol. The summed E-state index contributed by atoms with van der Waals surface area (Å²) in [7, 11) is 0. The molecule has 0 bridgehead atoms. The van der Waals surface area contributed by atoms with E-state index >= 15 is 0 Å². The number of hydrogen-bond acceptors (Lipinski definition) is 5. The molecule has 0 spiro atoms. The van der Waals surface area contributed by atoms with Crippen molar-refractivity contribution in [3.63, 3.8) is 0 Å². The highest BCUT2D eigenvalue weighted by Gasteiger charge is 2.28. The lowest BCUT2D eigenvalue weighted by molar-refractivity contribution is -0.137. The molecular weight excluding hydrogens is 370 g/mol. The van der Waals surface area contributed by atoms with Gasteiger partial charge in [-0.1, -0.05) is 11.3 Å². The molecule has 1 fully saturated rings. The Morgan fingerprint density at radius 3 is 2.93 bits per heavy atom. The number of aromatic nitrogens is 4. The van der Waals surface area contributed by atoms with Crippen molar-refractivity contribution in [1.29, 1.82) is 0 Å². The minimum absolute atomic E-state index is 0.136. The number of likely N-dealkylation sites (tertiary alicyclic amines) is 1. The highest BCUT2D eigenvalue weighted by Crippen LogP contribution is 2.25. The van der Waals surface area contributed by atoms with Gasteiger partial charge in [0.2, 0.25) is 0 Å². The van der Waals surface area contributed by atoms with Crippen LogP contribution in [0.3, 0.4) is 0 Å². The zero-order valence-electron chi connectivity index (χ0n) is 16.3. The van der Waals surface area contributed by atoms with E-state index < -0.39 is 5.97 Å². The van der Waals surface area contributed by atoms with E-state index in [1.54, 1.807) is 15.8 Å². The van der Waals surface area contributed by atoms with Crippen molar-refractivity contribution in [2.75, 3.05) is 13.1 Å². The number of hydrogen-bond donors (Lipinski definition) is 1. The number of nitrogens with zero attached hydrogens (tertiary/aromatic N) is 5. The standard InChI is InChI=1S/C21H23N5O3/c1-14-20(21(29)25-12-4-5-15(13-25)9-10-19(27)28)23-24-26(14)18-8-2-7-17-16(18)6-3-11-22-17/h2-3,6-8,11,15H,4-5,9-10,12-13H2,1H3,(H,27,28). The lowest BCUT2D eigenvalue weighted by atomic mass is 9.93. The van der Waals surface area contributed by atoms with E-state index in [1.165, 1.54) is 0 Å². The van der Waals surface area contributed by atoms with E-state index in [0.717, 1.165) is 29.4 Å². The van der Waals surface area contributed by atoms with Crippen LogP contribution >= 0.6 is 0 Å². The normalized spacial score (nSPS) is 16.9. The molecular formula is C21H23N5O3. The van der Waals surface area contributed by atoms with Gasteiger partial charge in [0.15, 0.2) is 5.69 Å². The Morgan fingerprint density at radius 2 is 2.10 bits per heavy atom. The molecule has 3 heterocycles. The zero-order valence-corrected chi connectivity index (χ0v) is 16.3. The van der Waals surface area contributed by atoms with Crippen molar-refractivity contribution in [2.24, 2.45) is 5.92 Å². The van der Waals surface area contributed by atoms with Crippen LogP contribution in [0.15, 0.2) is 36.5 Å². The fourth-order valence-electron chi connectivity index (χ4n) is 3.99. The number of carboxylic acids is 1. The molecule has 0 radical (unpaired) electrons. The minimum Gasteiger partial charge on any atom is -0.481 e. The van der Waals surface area contributed by atoms with Crippen molar-refractivity contribution >= 4 is 22.8 Å². The maximum Gasteiger partial charge on any atom is 0.303 e. The van der Waals surface area contributed by atoms with Crippen LogP contribution in [-0.4, -0.2) is 55.0 Å². The number of rotatable bonds is 5. The topological polar surface area (TPSA) is 101 Å². The van der Waals surface area contributed by atoms with E-state index in [-0.39, 0.29) is 18.2 Å². The smallest absolute Gasteiger partial charge is 0.303 e. The van der Waals surface area contributed by atoms with Crippen LogP contribution in [0.2, 0.25) is 0 Å². The maximum absolute atomic E-state index is 13.1. The minimum atomic E-state index is -0.795. The van der Waals surface area contributed by atoms with Gasteiger partial charge < -0.3 is 10.0 Å². The molecule has 150 valence electrons. The third kappa shape index (κ3) is 3.83. The maximum atomic E-state index is 13.1. The number of pyridine rings is 1. The second-order valence-electron chi connectivity index (χ2n) is 7.47. The molecule has 1 amide bonds. The second-order valence-corrected chi connectivity index (χ2v) is 7.47. The molecule has 4 rings (SSSR count). The molecule has 1 aliphatic heterocycles. The van der Waals surface area contributed by atoms with Gasteiger partial charge in [-0.15, -0.1) is 5.10 Å². The SMILES string of the molecule is Cc1c(C(=O)N2CCCC(CCC(=O)O)C2)nnn1-c1cccc2ncccc12. The average Bonchev–Trinajstić information content (AvgIpc) is 3.12. The Bertz CT molecular complexity index is 1060. The van der Waals surface area contributed by atoms with Crippen molar-refractivity contribution in [3.8, 4) is 5.69 Å². The van der Waals surface area contributed by atoms with Crippen LogP contribution in [0.25, 0.3) is 16.6 Å². The molecule has 1 N–H and O–H groups in total. The van der Waals surface area contributed by atoms with E-state index in [9.17, 15) is 9.59 Å². The Labute approximate surface area is 168 Å². The van der Waals surface area contributed by atoms with Crippen LogP contribution in [-0.2, 0) is 4.79 Å². The average molecular weight is 393 g/mol. The second kappa shape index (κ2) is 7.98. The summed E-state index contributed by atoms with van der Waals surface area (Å²) in [5.41, 5.74) is 2.70. The highest BCUT2D eigenvalue weighted by molar-refractivity contribution is 5.94. The number of piperidine rings is 1. The predicted molar refractivity (Wildman–Crippen MR) is 107 cm³/mol. The number of aliphatic carboxylic acids is 1. The number of benzene rings is 1. The first-order chi connectivity index (χ1) is 14.0. The molecule has 29 heavy (non-hydrogen) atoms. The van der Waals surface area contributed by atoms with Gasteiger partial charge in [-0.3, -0.25) is 14.6 Å². The van der Waals surface area contributed by atoms with Crippen LogP contribution in [0, 0.1) is 12.8 Å². The van der Waals surface area contributed by atoms with Gasteiger partial charge in [-0.2, -0.15) is 0 Å². The lowest BCUT2D eigenvalue weighted by Gasteiger charge is -2.32. The summed E-state index contributed by atoms with van der Waals surface area (Å²) >= 11 is 0. The number of carbonyl (C=O) groups excluding carboxylic acids is 1. The van der Waals surface area contributed by atoms with Crippen LogP contribution in [0.4, 0.5) is 0 Å². The summed E-state index contributed by atoms with van der Waals surface area (Å²) in [6.07, 6.45) is 4.29. The molecule has 2 aromatic heterocycles. The summed E-state index contributed by atoms with van der Waals surface area (Å²) in [6, 6.07) is 9.61. The molecule has 3 aromatic rings. The number of fused-ring (bicyclic) bond motifs is 1. The molecule has 8 nitrogen and oxygen atoms in total. The summed E-state index contributed by atoms with van der Waals surface area (Å²) in [5, 5.41) is 18.3. The van der Waals surface area contributed by atoms with E-state index in [0.29, 0.717) is 30.9 Å². The van der Waals surface area contributed by atoms with E-state index in [2.05, 4.69) is 15.3 Å². The Balaban J connectivity index is 1.58. The van der Waals surface area contributed by atoms with Crippen molar-refractivity contribution in [2.45, 2.75) is 32.6 Å². The summed E-state index contributed by atoms with van der Waals surface area (Å²) in [5.74, 6) is -0.729. The fourth-order valence-corrected chi connectivity index (χ4v) is 3.99. The van der Waals surface area contributed by atoms with Crippen LogP contribution in [0.1, 0.15) is 41.9 Å². The van der Waals surface area contributed by atoms with E-state index in [4.69, 9.17) is 5.11 Å². The van der Waals surface area contributed by atoms with Crippen molar-refractivity contribution in [1.82, 2.24) is 24.9 Å². The summed E-state index contributed by atoms with van der Waals surface area (Å²) in [4.78, 5) is 30.1. The molecule has 1 atom stereocenters. The summed E-state index contributed by atoms with van der Waals surface area (Å²) < 4.78 is 1.68. The van der Waals surface area contributed by atoms with Gasteiger partial charge in [0.1, 0.15) is 0 Å². The van der Waals surface area contributed by atoms with Crippen LogP contribution in [0.5, 0.6) is 0 Å². The molecule has 1 aromatic carbocycles. The number of amides is 1. The van der Waals surface area contributed by atoms with Crippen molar-refractivity contribution < 1.29 is 14.7 Å². The number of carbonyl (C=O) groups is 2. The van der Waals surface area contributed by atoms with Crippen molar-refractivity contribution in [3.05, 3.63) is 47.9 Å². The molecule has 1 aliphatic rings. The largest absolute Gasteiger partial charge is 0.481 e. The fraction of sp³-hybridized carbons (Fsp3) is 0.381. The Hall–Kier alpha value is -3.29. The molecule has 0 aliphatic carbocycles. The quantitative estimate of drug-likeness (QED) is 0.715. The van der Waals surface area contributed by atoms with Gasteiger partial charge in [0.05, 0.1) is 16.9 Å². The first kappa shape index (κ1) is 19.0. The number of carboxylic acid groups (broad SMARTS) is 1. The third-order valence-electron chi connectivity index (χ3n) is 5.52. The molecule has 1 saturated heterocycles. The molecule has 1 unspecified atom stereocenters.